The van der Waals surface area contributed by atoms with E-state index in [0.29, 0.717) is 6.42 Å². The molecule has 1 N–H and O–H groups in total. The predicted octanol–water partition coefficient (Wildman–Crippen LogP) is 1.68. The number of hydrogen-bond donors (Lipinski definition) is 1. The second-order valence-electron chi connectivity index (χ2n) is 4.81. The first-order valence-corrected chi connectivity index (χ1v) is 4.90. The van der Waals surface area contributed by atoms with Gasteiger partial charge in [-0.15, -0.1) is 0 Å². The van der Waals surface area contributed by atoms with Gasteiger partial charge in [-0.2, -0.15) is 0 Å². The quantitative estimate of drug-likeness (QED) is 0.665. The molecule has 1 aliphatic rings. The molecule has 0 aliphatic carbocycles. The molecule has 3 heteroatoms. The van der Waals surface area contributed by atoms with Crippen molar-refractivity contribution in [3.63, 3.8) is 0 Å². The van der Waals surface area contributed by atoms with Crippen LogP contribution in [0.5, 0.6) is 0 Å². The summed E-state index contributed by atoms with van der Waals surface area (Å²) in [5.74, 6) is -0.0908. The normalized spacial score (nSPS) is 23.2. The molecule has 1 fully saturated rings. The van der Waals surface area contributed by atoms with Gasteiger partial charge in [-0.1, -0.05) is 20.8 Å². The fourth-order valence-corrected chi connectivity index (χ4v) is 1.39. The van der Waals surface area contributed by atoms with Crippen LogP contribution in [0.4, 0.5) is 0 Å². The minimum absolute atomic E-state index is 0.0235. The van der Waals surface area contributed by atoms with Crippen LogP contribution in [0.1, 0.15) is 40.0 Å². The average molecular weight is 185 g/mol. The van der Waals surface area contributed by atoms with E-state index in [-0.39, 0.29) is 17.6 Å². The first kappa shape index (κ1) is 10.5. The Labute approximate surface area is 79.8 Å². The van der Waals surface area contributed by atoms with E-state index < -0.39 is 0 Å². The number of nitrogens with one attached hydrogen (secondary N) is 1. The Kier molecular flexibility index (Phi) is 3.31. The SMILES string of the molecule is CC(C)(C)CC(=O)OC1CCCN1. The van der Waals surface area contributed by atoms with E-state index in [1.807, 2.05) is 20.8 Å². The molecule has 1 saturated heterocycles. The molecule has 0 aromatic carbocycles. The van der Waals surface area contributed by atoms with Crippen LogP contribution in [0, 0.1) is 5.41 Å². The maximum absolute atomic E-state index is 11.4. The van der Waals surface area contributed by atoms with E-state index in [9.17, 15) is 4.79 Å². The van der Waals surface area contributed by atoms with Gasteiger partial charge >= 0.3 is 5.97 Å². The summed E-state index contributed by atoms with van der Waals surface area (Å²) in [4.78, 5) is 11.4. The molecule has 1 rings (SSSR count). The van der Waals surface area contributed by atoms with Gasteiger partial charge in [0.25, 0.3) is 0 Å². The van der Waals surface area contributed by atoms with E-state index >= 15 is 0 Å². The minimum atomic E-state index is -0.0908. The predicted molar refractivity (Wildman–Crippen MR) is 51.2 cm³/mol. The van der Waals surface area contributed by atoms with Crippen LogP contribution in [0.3, 0.4) is 0 Å². The van der Waals surface area contributed by atoms with Gasteiger partial charge in [0, 0.05) is 0 Å². The second kappa shape index (κ2) is 4.09. The highest BCUT2D eigenvalue weighted by Crippen LogP contribution is 2.20. The number of ether oxygens (including phenoxy) is 1. The molecule has 0 radical (unpaired) electrons. The zero-order valence-corrected chi connectivity index (χ0v) is 8.72. The van der Waals surface area contributed by atoms with Crippen LogP contribution in [0.15, 0.2) is 0 Å². The van der Waals surface area contributed by atoms with Crippen molar-refractivity contribution in [2.24, 2.45) is 5.41 Å². The Morgan fingerprint density at radius 2 is 2.23 bits per heavy atom. The molecular formula is C10H19NO2. The molecule has 3 nitrogen and oxygen atoms in total. The fourth-order valence-electron chi connectivity index (χ4n) is 1.39. The Bertz CT molecular complexity index is 178. The highest BCUT2D eigenvalue weighted by atomic mass is 16.6. The topological polar surface area (TPSA) is 38.3 Å². The lowest BCUT2D eigenvalue weighted by atomic mass is 9.92. The van der Waals surface area contributed by atoms with E-state index in [1.54, 1.807) is 0 Å². The van der Waals surface area contributed by atoms with Gasteiger partial charge in [0.05, 0.1) is 6.42 Å². The van der Waals surface area contributed by atoms with Crippen molar-refractivity contribution in [1.29, 1.82) is 0 Å². The molecule has 0 aromatic rings. The molecule has 76 valence electrons. The molecule has 0 aromatic heterocycles. The lowest BCUT2D eigenvalue weighted by Crippen LogP contribution is -2.29. The Morgan fingerprint density at radius 1 is 1.54 bits per heavy atom. The molecular weight excluding hydrogens is 166 g/mol. The largest absolute Gasteiger partial charge is 0.447 e. The highest BCUT2D eigenvalue weighted by molar-refractivity contribution is 5.70. The van der Waals surface area contributed by atoms with E-state index in [2.05, 4.69) is 5.32 Å². The van der Waals surface area contributed by atoms with Crippen LogP contribution in [-0.4, -0.2) is 18.7 Å². The van der Waals surface area contributed by atoms with Crippen LogP contribution in [0.2, 0.25) is 0 Å². The van der Waals surface area contributed by atoms with Crippen molar-refractivity contribution in [2.45, 2.75) is 46.3 Å². The maximum atomic E-state index is 11.4. The van der Waals surface area contributed by atoms with Gasteiger partial charge in [-0.25, -0.2) is 0 Å². The van der Waals surface area contributed by atoms with Crippen molar-refractivity contribution in [3.8, 4) is 0 Å². The van der Waals surface area contributed by atoms with Crippen molar-refractivity contribution >= 4 is 5.97 Å². The lowest BCUT2D eigenvalue weighted by molar-refractivity contribution is -0.151. The van der Waals surface area contributed by atoms with Crippen LogP contribution in [-0.2, 0) is 9.53 Å². The Morgan fingerprint density at radius 3 is 2.69 bits per heavy atom. The zero-order chi connectivity index (χ0) is 9.90. The number of esters is 1. The van der Waals surface area contributed by atoms with Gasteiger partial charge < -0.3 is 4.74 Å². The van der Waals surface area contributed by atoms with Gasteiger partial charge in [-0.3, -0.25) is 10.1 Å². The lowest BCUT2D eigenvalue weighted by Gasteiger charge is -2.19. The van der Waals surface area contributed by atoms with Crippen molar-refractivity contribution < 1.29 is 9.53 Å². The maximum Gasteiger partial charge on any atom is 0.307 e. The zero-order valence-electron chi connectivity index (χ0n) is 8.72. The van der Waals surface area contributed by atoms with Gasteiger partial charge in [0.2, 0.25) is 0 Å². The third-order valence-electron chi connectivity index (χ3n) is 1.96. The van der Waals surface area contributed by atoms with Gasteiger partial charge in [0.15, 0.2) is 6.23 Å². The molecule has 0 saturated carbocycles. The molecule has 13 heavy (non-hydrogen) atoms. The number of rotatable bonds is 2. The van der Waals surface area contributed by atoms with Gasteiger partial charge in [-0.05, 0) is 24.8 Å². The Hall–Kier alpha value is -0.570. The third kappa shape index (κ3) is 4.27. The summed E-state index contributed by atoms with van der Waals surface area (Å²) in [6.07, 6.45) is 2.52. The molecule has 0 spiro atoms. The smallest absolute Gasteiger partial charge is 0.307 e. The number of hydrogen-bond acceptors (Lipinski definition) is 3. The molecule has 1 atom stereocenters. The van der Waals surface area contributed by atoms with Crippen LogP contribution >= 0.6 is 0 Å². The second-order valence-corrected chi connectivity index (χ2v) is 4.81. The molecule has 1 unspecified atom stereocenters. The first-order chi connectivity index (χ1) is 5.97. The fraction of sp³-hybridized carbons (Fsp3) is 0.900. The molecule has 0 amide bonds. The highest BCUT2D eigenvalue weighted by Gasteiger charge is 2.22. The van der Waals surface area contributed by atoms with Crippen molar-refractivity contribution in [1.82, 2.24) is 5.32 Å². The number of carbonyl (C=O) groups is 1. The summed E-state index contributed by atoms with van der Waals surface area (Å²) in [7, 11) is 0. The van der Waals surface area contributed by atoms with Crippen LogP contribution < -0.4 is 5.32 Å². The summed E-state index contributed by atoms with van der Waals surface area (Å²) in [5, 5.41) is 3.13. The summed E-state index contributed by atoms with van der Waals surface area (Å²) in [5.41, 5.74) is 0.0235. The standard InChI is InChI=1S/C10H19NO2/c1-10(2,3)7-9(12)13-8-5-4-6-11-8/h8,11H,4-7H2,1-3H3. The summed E-state index contributed by atoms with van der Waals surface area (Å²) in [6, 6.07) is 0. The van der Waals surface area contributed by atoms with E-state index in [4.69, 9.17) is 4.74 Å². The number of carbonyl (C=O) groups excluding carboxylic acids is 1. The van der Waals surface area contributed by atoms with Crippen molar-refractivity contribution in [3.05, 3.63) is 0 Å². The van der Waals surface area contributed by atoms with Crippen LogP contribution in [0.25, 0.3) is 0 Å². The minimum Gasteiger partial charge on any atom is -0.447 e. The molecule has 1 aliphatic heterocycles. The Balaban J connectivity index is 2.24. The first-order valence-electron chi connectivity index (χ1n) is 4.90. The monoisotopic (exact) mass is 185 g/mol. The summed E-state index contributed by atoms with van der Waals surface area (Å²) < 4.78 is 5.24. The van der Waals surface area contributed by atoms with E-state index in [1.165, 1.54) is 0 Å². The van der Waals surface area contributed by atoms with Gasteiger partial charge in [0.1, 0.15) is 0 Å². The van der Waals surface area contributed by atoms with E-state index in [0.717, 1.165) is 19.4 Å². The summed E-state index contributed by atoms with van der Waals surface area (Å²) in [6.45, 7) is 7.08. The third-order valence-corrected chi connectivity index (χ3v) is 1.96. The average Bonchev–Trinajstić information content (AvgIpc) is 2.34. The van der Waals surface area contributed by atoms with Crippen molar-refractivity contribution in [2.75, 3.05) is 6.54 Å². The molecule has 0 bridgehead atoms. The molecule has 1 heterocycles. The summed E-state index contributed by atoms with van der Waals surface area (Å²) >= 11 is 0.